The van der Waals surface area contributed by atoms with E-state index in [9.17, 15) is 0 Å². The molecule has 1 N–H and O–H groups in total. The Morgan fingerprint density at radius 1 is 1.28 bits per heavy atom. The molecule has 0 aliphatic rings. The largest absolute Gasteiger partial charge is 0.497 e. The van der Waals surface area contributed by atoms with Crippen molar-refractivity contribution in [1.29, 1.82) is 0 Å². The Hall–Kier alpha value is -0.810. The summed E-state index contributed by atoms with van der Waals surface area (Å²) in [5.41, 5.74) is 1.02. The van der Waals surface area contributed by atoms with Gasteiger partial charge in [0.1, 0.15) is 5.75 Å². The fourth-order valence-corrected chi connectivity index (χ4v) is 1.89. The quantitative estimate of drug-likeness (QED) is 0.784. The summed E-state index contributed by atoms with van der Waals surface area (Å²) in [6.45, 7) is 2.81. The number of ether oxygens (including phenoxy) is 2. The van der Waals surface area contributed by atoms with E-state index in [1.54, 1.807) is 20.3 Å². The zero-order valence-electron chi connectivity index (χ0n) is 10.9. The zero-order valence-corrected chi connectivity index (χ0v) is 11.6. The number of halogens is 1. The van der Waals surface area contributed by atoms with Gasteiger partial charge in [0.25, 0.3) is 0 Å². The van der Waals surface area contributed by atoms with E-state index in [0.29, 0.717) is 24.7 Å². The minimum Gasteiger partial charge on any atom is -0.497 e. The van der Waals surface area contributed by atoms with Crippen LogP contribution in [0.15, 0.2) is 18.2 Å². The van der Waals surface area contributed by atoms with E-state index in [2.05, 4.69) is 4.90 Å². The van der Waals surface area contributed by atoms with E-state index < -0.39 is 0 Å². The summed E-state index contributed by atoms with van der Waals surface area (Å²) < 4.78 is 10.2. The van der Waals surface area contributed by atoms with Crippen molar-refractivity contribution in [2.45, 2.75) is 6.54 Å². The number of aliphatic hydroxyl groups excluding tert-OH is 1. The van der Waals surface area contributed by atoms with E-state index in [4.69, 9.17) is 26.2 Å². The first-order valence-corrected chi connectivity index (χ1v) is 6.23. The monoisotopic (exact) mass is 273 g/mol. The molecule has 0 saturated carbocycles. The molecule has 0 radical (unpaired) electrons. The van der Waals surface area contributed by atoms with Gasteiger partial charge in [0.05, 0.1) is 20.3 Å². The van der Waals surface area contributed by atoms with Crippen molar-refractivity contribution in [2.75, 3.05) is 40.5 Å². The third-order valence-electron chi connectivity index (χ3n) is 2.68. The number of hydrogen-bond acceptors (Lipinski definition) is 4. The smallest absolute Gasteiger partial charge is 0.120 e. The van der Waals surface area contributed by atoms with Gasteiger partial charge in [-0.05, 0) is 17.7 Å². The molecule has 102 valence electrons. The lowest BCUT2D eigenvalue weighted by atomic mass is 10.2. The molecule has 4 nitrogen and oxygen atoms in total. The van der Waals surface area contributed by atoms with Crippen LogP contribution in [0.2, 0.25) is 5.02 Å². The molecule has 5 heteroatoms. The molecular weight excluding hydrogens is 254 g/mol. The topological polar surface area (TPSA) is 41.9 Å². The van der Waals surface area contributed by atoms with Gasteiger partial charge in [0, 0.05) is 31.8 Å². The maximum Gasteiger partial charge on any atom is 0.120 e. The summed E-state index contributed by atoms with van der Waals surface area (Å²) in [6.07, 6.45) is 0. The molecule has 0 aliphatic carbocycles. The van der Waals surface area contributed by atoms with Crippen molar-refractivity contribution < 1.29 is 14.6 Å². The molecule has 18 heavy (non-hydrogen) atoms. The highest BCUT2D eigenvalue weighted by molar-refractivity contribution is 6.31. The highest BCUT2D eigenvalue weighted by atomic mass is 35.5. The molecule has 1 aromatic rings. The average Bonchev–Trinajstić information content (AvgIpc) is 2.38. The van der Waals surface area contributed by atoms with Crippen LogP contribution in [0.4, 0.5) is 0 Å². The number of nitrogens with zero attached hydrogens (tertiary/aromatic N) is 1. The van der Waals surface area contributed by atoms with E-state index in [1.807, 2.05) is 12.1 Å². The molecular formula is C13H20ClNO3. The van der Waals surface area contributed by atoms with Crippen LogP contribution in [-0.2, 0) is 11.3 Å². The lowest BCUT2D eigenvalue weighted by Crippen LogP contribution is -2.29. The Morgan fingerprint density at radius 2 is 2.06 bits per heavy atom. The average molecular weight is 274 g/mol. The van der Waals surface area contributed by atoms with Gasteiger partial charge < -0.3 is 14.6 Å². The molecule has 0 aliphatic heterocycles. The summed E-state index contributed by atoms with van der Waals surface area (Å²) in [6, 6.07) is 5.62. The summed E-state index contributed by atoms with van der Waals surface area (Å²) in [5.74, 6) is 0.745. The van der Waals surface area contributed by atoms with E-state index in [0.717, 1.165) is 17.9 Å². The summed E-state index contributed by atoms with van der Waals surface area (Å²) in [4.78, 5) is 2.09. The molecule has 0 fully saturated rings. The summed E-state index contributed by atoms with van der Waals surface area (Å²) in [5, 5.41) is 9.71. The molecule has 0 amide bonds. The predicted octanol–water partition coefficient (Wildman–Crippen LogP) is 1.79. The van der Waals surface area contributed by atoms with Crippen molar-refractivity contribution in [3.05, 3.63) is 28.8 Å². The Kier molecular flexibility index (Phi) is 7.05. The Morgan fingerprint density at radius 3 is 2.61 bits per heavy atom. The van der Waals surface area contributed by atoms with Crippen molar-refractivity contribution in [3.63, 3.8) is 0 Å². The molecule has 1 rings (SSSR count). The zero-order chi connectivity index (χ0) is 13.4. The maximum absolute atomic E-state index is 9.03. The first-order chi connectivity index (χ1) is 8.71. The fourth-order valence-electron chi connectivity index (χ4n) is 1.66. The molecule has 0 spiro atoms. The first kappa shape index (κ1) is 15.2. The Labute approximate surface area is 113 Å². The van der Waals surface area contributed by atoms with Gasteiger partial charge in [-0.25, -0.2) is 0 Å². The number of rotatable bonds is 8. The van der Waals surface area contributed by atoms with E-state index in [1.165, 1.54) is 0 Å². The minimum absolute atomic E-state index is 0.123. The second-order valence-electron chi connectivity index (χ2n) is 3.95. The molecule has 1 aromatic carbocycles. The number of aliphatic hydroxyl groups is 1. The van der Waals surface area contributed by atoms with Crippen molar-refractivity contribution in [2.24, 2.45) is 0 Å². The molecule has 0 unspecified atom stereocenters. The Balaban J connectivity index is 2.67. The predicted molar refractivity (Wildman–Crippen MR) is 72.2 cm³/mol. The second-order valence-corrected chi connectivity index (χ2v) is 4.36. The van der Waals surface area contributed by atoms with Gasteiger partial charge in [-0.1, -0.05) is 17.7 Å². The summed E-state index contributed by atoms with van der Waals surface area (Å²) in [7, 11) is 3.28. The molecule has 0 atom stereocenters. The minimum atomic E-state index is 0.123. The SMILES string of the molecule is COCCN(CCO)Cc1ccc(OC)cc1Cl. The summed E-state index contributed by atoms with van der Waals surface area (Å²) >= 11 is 6.19. The maximum atomic E-state index is 9.03. The van der Waals surface area contributed by atoms with Gasteiger partial charge in [-0.2, -0.15) is 0 Å². The van der Waals surface area contributed by atoms with Crippen molar-refractivity contribution in [1.82, 2.24) is 4.90 Å². The van der Waals surface area contributed by atoms with Crippen LogP contribution >= 0.6 is 11.6 Å². The highest BCUT2D eigenvalue weighted by Crippen LogP contribution is 2.23. The highest BCUT2D eigenvalue weighted by Gasteiger charge is 2.09. The van der Waals surface area contributed by atoms with Gasteiger partial charge >= 0.3 is 0 Å². The first-order valence-electron chi connectivity index (χ1n) is 5.85. The normalized spacial score (nSPS) is 10.9. The van der Waals surface area contributed by atoms with E-state index >= 15 is 0 Å². The third kappa shape index (κ3) is 4.82. The van der Waals surface area contributed by atoms with Gasteiger partial charge in [-0.3, -0.25) is 4.90 Å². The van der Waals surface area contributed by atoms with Crippen LogP contribution in [0, 0.1) is 0 Å². The van der Waals surface area contributed by atoms with Crippen molar-refractivity contribution in [3.8, 4) is 5.75 Å². The van der Waals surface area contributed by atoms with Crippen molar-refractivity contribution >= 4 is 11.6 Å². The molecule has 0 bridgehead atoms. The third-order valence-corrected chi connectivity index (χ3v) is 3.03. The molecule has 0 aromatic heterocycles. The second kappa shape index (κ2) is 8.32. The Bertz CT molecular complexity index is 360. The number of methoxy groups -OCH3 is 2. The van der Waals surface area contributed by atoms with Crippen LogP contribution in [-0.4, -0.2) is 50.5 Å². The van der Waals surface area contributed by atoms with Gasteiger partial charge in [0.15, 0.2) is 0 Å². The van der Waals surface area contributed by atoms with Crippen LogP contribution in [0.25, 0.3) is 0 Å². The lowest BCUT2D eigenvalue weighted by Gasteiger charge is -2.21. The van der Waals surface area contributed by atoms with Crippen LogP contribution in [0.1, 0.15) is 5.56 Å². The van der Waals surface area contributed by atoms with Crippen LogP contribution < -0.4 is 4.74 Å². The van der Waals surface area contributed by atoms with E-state index in [-0.39, 0.29) is 6.61 Å². The standard InChI is InChI=1S/C13H20ClNO3/c1-17-8-6-15(5-7-16)10-11-3-4-12(18-2)9-13(11)14/h3-4,9,16H,5-8,10H2,1-2H3. The lowest BCUT2D eigenvalue weighted by molar-refractivity contribution is 0.127. The van der Waals surface area contributed by atoms with Crippen LogP contribution in [0.3, 0.4) is 0 Å². The van der Waals surface area contributed by atoms with Gasteiger partial charge in [-0.15, -0.1) is 0 Å². The number of benzene rings is 1. The fraction of sp³-hybridized carbons (Fsp3) is 0.538. The van der Waals surface area contributed by atoms with Gasteiger partial charge in [0.2, 0.25) is 0 Å². The number of hydrogen-bond donors (Lipinski definition) is 1. The molecule has 0 heterocycles. The van der Waals surface area contributed by atoms with Crippen LogP contribution in [0.5, 0.6) is 5.75 Å². The molecule has 0 saturated heterocycles.